The molecule has 2 amide bonds. The number of carbonyl (C=O) groups excluding carboxylic acids is 2. The molecule has 0 unspecified atom stereocenters. The summed E-state index contributed by atoms with van der Waals surface area (Å²) in [4.78, 5) is 35.0. The molecule has 2 aliphatic rings. The van der Waals surface area contributed by atoms with Gasteiger partial charge in [0.05, 0.1) is 24.0 Å². The fourth-order valence-corrected chi connectivity index (χ4v) is 5.15. The van der Waals surface area contributed by atoms with Gasteiger partial charge in [-0.05, 0) is 59.7 Å². The molecule has 3 atom stereocenters. The van der Waals surface area contributed by atoms with Crippen molar-refractivity contribution in [3.05, 3.63) is 103 Å². The Labute approximate surface area is 203 Å². The number of rotatable bonds is 5. The summed E-state index contributed by atoms with van der Waals surface area (Å²) in [5, 5.41) is 3.84. The van der Waals surface area contributed by atoms with Crippen LogP contribution in [0.2, 0.25) is 0 Å². The number of hydrogen-bond donors (Lipinski definition) is 0. The number of hydroxylamine groups is 1. The number of ether oxygens (including phenoxy) is 1. The molecule has 0 bridgehead atoms. The quantitative estimate of drug-likeness (QED) is 0.376. The second-order valence-corrected chi connectivity index (χ2v) is 8.67. The maximum absolute atomic E-state index is 13.9. The maximum atomic E-state index is 13.9. The minimum atomic E-state index is -0.904. The van der Waals surface area contributed by atoms with Gasteiger partial charge in [0.2, 0.25) is 5.91 Å². The fraction of sp³-hybridized carbons (Fsp3) is 0.172. The molecule has 0 saturated carbocycles. The molecule has 0 N–H and O–H groups in total. The minimum absolute atomic E-state index is 0.263. The van der Waals surface area contributed by atoms with Crippen LogP contribution in [0.3, 0.4) is 0 Å². The molecule has 2 fully saturated rings. The summed E-state index contributed by atoms with van der Waals surface area (Å²) >= 11 is 0. The van der Waals surface area contributed by atoms with E-state index < -0.39 is 18.1 Å². The van der Waals surface area contributed by atoms with E-state index in [2.05, 4.69) is 0 Å². The predicted molar refractivity (Wildman–Crippen MR) is 134 cm³/mol. The molecular formula is C29H24N2O4. The average Bonchev–Trinajstić information content (AvgIpc) is 3.41. The molecule has 2 heterocycles. The summed E-state index contributed by atoms with van der Waals surface area (Å²) in [6.07, 6.45) is -0.904. The van der Waals surface area contributed by atoms with E-state index in [0.717, 1.165) is 22.0 Å². The molecule has 35 heavy (non-hydrogen) atoms. The SMILES string of the molecule is CCOc1ccc(N2C(=O)[C@@H]3[C@H](ON(c4ccccc4)[C@@H]3c3cccc4ccccc34)C2=O)cc1. The van der Waals surface area contributed by atoms with Gasteiger partial charge in [-0.25, -0.2) is 9.96 Å². The Bertz CT molecular complexity index is 1400. The largest absolute Gasteiger partial charge is 0.494 e. The van der Waals surface area contributed by atoms with E-state index in [1.54, 1.807) is 29.3 Å². The molecule has 0 radical (unpaired) electrons. The summed E-state index contributed by atoms with van der Waals surface area (Å²) in [7, 11) is 0. The lowest BCUT2D eigenvalue weighted by molar-refractivity contribution is -0.126. The number of hydrogen-bond acceptors (Lipinski definition) is 5. The maximum Gasteiger partial charge on any atom is 0.266 e. The van der Waals surface area contributed by atoms with Crippen molar-refractivity contribution < 1.29 is 19.2 Å². The monoisotopic (exact) mass is 464 g/mol. The topological polar surface area (TPSA) is 59.1 Å². The van der Waals surface area contributed by atoms with E-state index in [9.17, 15) is 9.59 Å². The zero-order chi connectivity index (χ0) is 23.9. The molecule has 174 valence electrons. The van der Waals surface area contributed by atoms with Crippen LogP contribution in [0.5, 0.6) is 5.75 Å². The van der Waals surface area contributed by atoms with E-state index in [0.29, 0.717) is 18.0 Å². The summed E-state index contributed by atoms with van der Waals surface area (Å²) in [6.45, 7) is 2.45. The van der Waals surface area contributed by atoms with E-state index in [-0.39, 0.29) is 11.8 Å². The number of amides is 2. The second-order valence-electron chi connectivity index (χ2n) is 8.67. The molecular weight excluding hydrogens is 440 g/mol. The first-order chi connectivity index (χ1) is 17.2. The van der Waals surface area contributed by atoms with E-state index in [4.69, 9.17) is 9.57 Å². The Morgan fingerprint density at radius 3 is 2.26 bits per heavy atom. The molecule has 6 nitrogen and oxygen atoms in total. The van der Waals surface area contributed by atoms with E-state index >= 15 is 0 Å². The van der Waals surface area contributed by atoms with Crippen molar-refractivity contribution in [3.63, 3.8) is 0 Å². The van der Waals surface area contributed by atoms with Gasteiger partial charge in [0.1, 0.15) is 11.7 Å². The van der Waals surface area contributed by atoms with Crippen molar-refractivity contribution in [2.75, 3.05) is 16.6 Å². The molecule has 2 saturated heterocycles. The standard InChI is InChI=1S/C29H24N2O4/c1-2-34-22-17-15-20(16-18-22)30-28(32)25-26(24-14-8-10-19-9-6-7-13-23(19)24)31(35-27(25)29(30)33)21-11-4-3-5-12-21/h3-18,25-27H,2H2,1H3/t25-,26+,27-/m0/s1. The third-order valence-electron chi connectivity index (χ3n) is 6.67. The summed E-state index contributed by atoms with van der Waals surface area (Å²) in [6, 6.07) is 30.3. The van der Waals surface area contributed by atoms with Crippen LogP contribution in [0.25, 0.3) is 10.8 Å². The number of para-hydroxylation sites is 1. The molecule has 4 aromatic rings. The molecule has 6 heteroatoms. The van der Waals surface area contributed by atoms with Crippen LogP contribution in [0, 0.1) is 5.92 Å². The lowest BCUT2D eigenvalue weighted by Crippen LogP contribution is -2.37. The van der Waals surface area contributed by atoms with Crippen LogP contribution in [0.1, 0.15) is 18.5 Å². The number of nitrogens with zero attached hydrogens (tertiary/aromatic N) is 2. The first-order valence-corrected chi connectivity index (χ1v) is 11.8. The lowest BCUT2D eigenvalue weighted by atomic mass is 9.87. The molecule has 6 rings (SSSR count). The van der Waals surface area contributed by atoms with Gasteiger partial charge in [-0.1, -0.05) is 60.7 Å². The summed E-state index contributed by atoms with van der Waals surface area (Å²) in [5.41, 5.74) is 2.27. The van der Waals surface area contributed by atoms with Crippen LogP contribution in [0.4, 0.5) is 11.4 Å². The van der Waals surface area contributed by atoms with Crippen molar-refractivity contribution in [2.24, 2.45) is 5.92 Å². The Hall–Kier alpha value is -4.16. The molecule has 0 aromatic heterocycles. The van der Waals surface area contributed by atoms with E-state index in [1.807, 2.05) is 79.7 Å². The number of anilines is 2. The number of fused-ring (bicyclic) bond motifs is 2. The van der Waals surface area contributed by atoms with Crippen LogP contribution >= 0.6 is 0 Å². The highest BCUT2D eigenvalue weighted by Gasteiger charge is 2.60. The Morgan fingerprint density at radius 1 is 0.771 bits per heavy atom. The highest BCUT2D eigenvalue weighted by Crippen LogP contribution is 2.48. The van der Waals surface area contributed by atoms with Crippen LogP contribution < -0.4 is 14.7 Å². The van der Waals surface area contributed by atoms with Crippen LogP contribution in [0.15, 0.2) is 97.1 Å². The highest BCUT2D eigenvalue weighted by molar-refractivity contribution is 6.24. The Balaban J connectivity index is 1.45. The first-order valence-electron chi connectivity index (χ1n) is 11.8. The van der Waals surface area contributed by atoms with Crippen LogP contribution in [-0.2, 0) is 14.4 Å². The lowest BCUT2D eigenvalue weighted by Gasteiger charge is -2.29. The normalized spacial score (nSPS) is 21.6. The summed E-state index contributed by atoms with van der Waals surface area (Å²) < 4.78 is 5.51. The van der Waals surface area contributed by atoms with Crippen molar-refractivity contribution in [3.8, 4) is 5.75 Å². The minimum Gasteiger partial charge on any atom is -0.494 e. The first kappa shape index (κ1) is 21.4. The number of benzene rings is 4. The third-order valence-corrected chi connectivity index (χ3v) is 6.67. The van der Waals surface area contributed by atoms with Gasteiger partial charge in [0.25, 0.3) is 5.91 Å². The third kappa shape index (κ3) is 3.45. The van der Waals surface area contributed by atoms with Crippen LogP contribution in [-0.4, -0.2) is 24.5 Å². The van der Waals surface area contributed by atoms with Gasteiger partial charge >= 0.3 is 0 Å². The average molecular weight is 465 g/mol. The fourth-order valence-electron chi connectivity index (χ4n) is 5.15. The van der Waals surface area contributed by atoms with Gasteiger partial charge in [-0.15, -0.1) is 0 Å². The van der Waals surface area contributed by atoms with Crippen molar-refractivity contribution in [2.45, 2.75) is 19.1 Å². The molecule has 2 aliphatic heterocycles. The zero-order valence-electron chi connectivity index (χ0n) is 19.2. The molecule has 0 spiro atoms. The van der Waals surface area contributed by atoms with Crippen molar-refractivity contribution in [1.82, 2.24) is 0 Å². The molecule has 0 aliphatic carbocycles. The highest BCUT2D eigenvalue weighted by atomic mass is 16.7. The number of carbonyl (C=O) groups is 2. The van der Waals surface area contributed by atoms with Gasteiger partial charge in [0.15, 0.2) is 6.10 Å². The van der Waals surface area contributed by atoms with Gasteiger partial charge in [-0.2, -0.15) is 0 Å². The Kier molecular flexibility index (Phi) is 5.23. The predicted octanol–water partition coefficient (Wildman–Crippen LogP) is 5.29. The van der Waals surface area contributed by atoms with Crippen molar-refractivity contribution >= 4 is 34.0 Å². The van der Waals surface area contributed by atoms with Gasteiger partial charge in [-0.3, -0.25) is 14.4 Å². The zero-order valence-corrected chi connectivity index (χ0v) is 19.2. The smallest absolute Gasteiger partial charge is 0.266 e. The Morgan fingerprint density at radius 2 is 1.49 bits per heavy atom. The van der Waals surface area contributed by atoms with Gasteiger partial charge < -0.3 is 4.74 Å². The second kappa shape index (κ2) is 8.56. The van der Waals surface area contributed by atoms with Gasteiger partial charge in [0, 0.05) is 0 Å². The summed E-state index contributed by atoms with van der Waals surface area (Å²) in [5.74, 6) is -0.607. The number of imide groups is 1. The van der Waals surface area contributed by atoms with Crippen molar-refractivity contribution in [1.29, 1.82) is 0 Å². The van der Waals surface area contributed by atoms with E-state index in [1.165, 1.54) is 4.90 Å². The molecule has 4 aromatic carbocycles.